The Kier molecular flexibility index (Phi) is 5.42. The molecule has 2 aromatic rings. The van der Waals surface area contributed by atoms with Gasteiger partial charge in [0.15, 0.2) is 11.5 Å². The summed E-state index contributed by atoms with van der Waals surface area (Å²) >= 11 is 0. The van der Waals surface area contributed by atoms with E-state index in [-0.39, 0.29) is 18.6 Å². The van der Waals surface area contributed by atoms with Crippen LogP contribution >= 0.6 is 0 Å². The first-order chi connectivity index (χ1) is 14.0. The number of fused-ring (bicyclic) bond motifs is 1. The van der Waals surface area contributed by atoms with Crippen LogP contribution in [0, 0.1) is 13.8 Å². The van der Waals surface area contributed by atoms with Crippen molar-refractivity contribution in [1.29, 1.82) is 0 Å². The van der Waals surface area contributed by atoms with Crippen LogP contribution in [0.1, 0.15) is 36.2 Å². The fourth-order valence-electron chi connectivity index (χ4n) is 3.90. The zero-order valence-corrected chi connectivity index (χ0v) is 16.8. The zero-order chi connectivity index (χ0) is 20.4. The average Bonchev–Trinajstić information content (AvgIpc) is 3.38. The minimum absolute atomic E-state index is 0.00505. The monoisotopic (exact) mass is 398 g/mol. The average molecular weight is 398 g/mol. The Labute approximate surface area is 169 Å². The lowest BCUT2D eigenvalue weighted by atomic mass is 10.1. The van der Waals surface area contributed by atoms with E-state index < -0.39 is 6.04 Å². The molecular formula is C21H26N4O4. The highest BCUT2D eigenvalue weighted by molar-refractivity contribution is 5.90. The number of hydrogen-bond acceptors (Lipinski definition) is 5. The minimum Gasteiger partial charge on any atom is -0.454 e. The number of likely N-dealkylation sites (tertiary alicyclic amines) is 1. The van der Waals surface area contributed by atoms with Crippen molar-refractivity contribution in [2.75, 3.05) is 13.3 Å². The van der Waals surface area contributed by atoms with Gasteiger partial charge in [-0.2, -0.15) is 5.10 Å². The zero-order valence-electron chi connectivity index (χ0n) is 16.8. The Morgan fingerprint density at radius 1 is 1.24 bits per heavy atom. The largest absolute Gasteiger partial charge is 0.454 e. The molecule has 1 unspecified atom stereocenters. The van der Waals surface area contributed by atoms with E-state index >= 15 is 0 Å². The van der Waals surface area contributed by atoms with Crippen LogP contribution in [0.5, 0.6) is 11.5 Å². The lowest BCUT2D eigenvalue weighted by Crippen LogP contribution is -2.44. The Morgan fingerprint density at radius 2 is 2.07 bits per heavy atom. The maximum absolute atomic E-state index is 12.7. The Hall–Kier alpha value is -3.03. The van der Waals surface area contributed by atoms with Crippen molar-refractivity contribution in [3.63, 3.8) is 0 Å². The van der Waals surface area contributed by atoms with Crippen molar-refractivity contribution in [2.45, 2.75) is 52.2 Å². The third-order valence-corrected chi connectivity index (χ3v) is 5.37. The minimum atomic E-state index is -0.429. The van der Waals surface area contributed by atoms with Gasteiger partial charge in [0.2, 0.25) is 18.6 Å². The molecule has 2 aliphatic rings. The number of hydrogen-bond donors (Lipinski definition) is 1. The maximum Gasteiger partial charge on any atom is 0.242 e. The van der Waals surface area contributed by atoms with E-state index in [1.54, 1.807) is 4.90 Å². The highest BCUT2D eigenvalue weighted by Gasteiger charge is 2.35. The van der Waals surface area contributed by atoms with Crippen LogP contribution in [0.3, 0.4) is 0 Å². The summed E-state index contributed by atoms with van der Waals surface area (Å²) in [5.41, 5.74) is 3.03. The van der Waals surface area contributed by atoms with Gasteiger partial charge in [-0.1, -0.05) is 6.07 Å². The number of carbonyl (C=O) groups is 2. The maximum atomic E-state index is 12.7. The highest BCUT2D eigenvalue weighted by atomic mass is 16.7. The van der Waals surface area contributed by atoms with Crippen molar-refractivity contribution < 1.29 is 19.1 Å². The summed E-state index contributed by atoms with van der Waals surface area (Å²) in [6.45, 7) is 5.90. The van der Waals surface area contributed by atoms with Crippen LogP contribution in [-0.4, -0.2) is 45.9 Å². The van der Waals surface area contributed by atoms with Crippen molar-refractivity contribution in [1.82, 2.24) is 20.0 Å². The molecule has 8 nitrogen and oxygen atoms in total. The normalized spacial score (nSPS) is 17.8. The number of aryl methyl sites for hydroxylation is 3. The van der Waals surface area contributed by atoms with Crippen molar-refractivity contribution >= 4 is 11.8 Å². The predicted octanol–water partition coefficient (Wildman–Crippen LogP) is 1.93. The van der Waals surface area contributed by atoms with Gasteiger partial charge in [0.25, 0.3) is 0 Å². The number of nitrogens with zero attached hydrogens (tertiary/aromatic N) is 3. The number of rotatable bonds is 7. The van der Waals surface area contributed by atoms with Crippen LogP contribution in [-0.2, 0) is 22.7 Å². The van der Waals surface area contributed by atoms with Crippen molar-refractivity contribution in [3.05, 3.63) is 41.2 Å². The summed E-state index contributed by atoms with van der Waals surface area (Å²) in [5.74, 6) is 1.30. The van der Waals surface area contributed by atoms with Gasteiger partial charge in [0, 0.05) is 31.7 Å². The van der Waals surface area contributed by atoms with E-state index in [1.807, 2.05) is 42.8 Å². The Balaban J connectivity index is 1.31. The van der Waals surface area contributed by atoms with Gasteiger partial charge >= 0.3 is 0 Å². The topological polar surface area (TPSA) is 85.7 Å². The molecule has 1 saturated heterocycles. The Morgan fingerprint density at radius 3 is 2.86 bits per heavy atom. The quantitative estimate of drug-likeness (QED) is 0.721. The summed E-state index contributed by atoms with van der Waals surface area (Å²) in [7, 11) is 0. The van der Waals surface area contributed by atoms with Crippen LogP contribution in [0.4, 0.5) is 0 Å². The van der Waals surface area contributed by atoms with E-state index in [0.29, 0.717) is 37.4 Å². The van der Waals surface area contributed by atoms with Gasteiger partial charge in [0.05, 0.1) is 5.69 Å². The second-order valence-electron chi connectivity index (χ2n) is 7.56. The third-order valence-electron chi connectivity index (χ3n) is 5.37. The molecule has 0 saturated carbocycles. The molecule has 0 spiro atoms. The van der Waals surface area contributed by atoms with E-state index in [2.05, 4.69) is 10.4 Å². The summed E-state index contributed by atoms with van der Waals surface area (Å²) in [5, 5.41) is 7.41. The van der Waals surface area contributed by atoms with E-state index in [1.165, 1.54) is 0 Å². The number of carbonyl (C=O) groups excluding carboxylic acids is 2. The number of nitrogens with one attached hydrogen (secondary N) is 1. The summed E-state index contributed by atoms with van der Waals surface area (Å²) in [6.07, 6.45) is 1.73. The molecule has 1 aromatic heterocycles. The Bertz CT molecular complexity index is 923. The molecule has 29 heavy (non-hydrogen) atoms. The SMILES string of the molecule is Cc1cc(C)n(CCCNC(=O)C2CCC(=O)N2Cc2ccc3c(c2)OCO3)n1. The van der Waals surface area contributed by atoms with Crippen LogP contribution < -0.4 is 14.8 Å². The molecule has 0 radical (unpaired) electrons. The molecule has 4 rings (SSSR count). The molecule has 3 heterocycles. The van der Waals surface area contributed by atoms with Gasteiger partial charge in [-0.05, 0) is 50.5 Å². The van der Waals surface area contributed by atoms with Crippen LogP contribution in [0.2, 0.25) is 0 Å². The number of amides is 2. The second kappa shape index (κ2) is 8.14. The van der Waals surface area contributed by atoms with Gasteiger partial charge in [-0.3, -0.25) is 14.3 Å². The van der Waals surface area contributed by atoms with Crippen molar-refractivity contribution in [3.8, 4) is 11.5 Å². The first-order valence-electron chi connectivity index (χ1n) is 9.98. The lowest BCUT2D eigenvalue weighted by molar-refractivity contribution is -0.135. The van der Waals surface area contributed by atoms with Crippen molar-refractivity contribution in [2.24, 2.45) is 0 Å². The molecule has 154 valence electrons. The highest BCUT2D eigenvalue weighted by Crippen LogP contribution is 2.33. The smallest absolute Gasteiger partial charge is 0.242 e. The predicted molar refractivity (Wildman–Crippen MR) is 105 cm³/mol. The molecular weight excluding hydrogens is 372 g/mol. The number of ether oxygens (including phenoxy) is 2. The molecule has 1 atom stereocenters. The van der Waals surface area contributed by atoms with Crippen LogP contribution in [0.15, 0.2) is 24.3 Å². The molecule has 8 heteroatoms. The first-order valence-corrected chi connectivity index (χ1v) is 9.98. The van der Waals surface area contributed by atoms with Gasteiger partial charge in [-0.15, -0.1) is 0 Å². The van der Waals surface area contributed by atoms with E-state index in [0.717, 1.165) is 29.9 Å². The second-order valence-corrected chi connectivity index (χ2v) is 7.56. The first kappa shape index (κ1) is 19.3. The summed E-state index contributed by atoms with van der Waals surface area (Å²) < 4.78 is 12.7. The summed E-state index contributed by atoms with van der Waals surface area (Å²) in [4.78, 5) is 26.7. The fraction of sp³-hybridized carbons (Fsp3) is 0.476. The standard InChI is InChI=1S/C21H26N4O4/c1-14-10-15(2)25(23-14)9-3-8-22-21(27)17-5-7-20(26)24(17)12-16-4-6-18-19(11-16)29-13-28-18/h4,6,10-11,17H,3,5,7-9,12-13H2,1-2H3,(H,22,27). The molecule has 0 aliphatic carbocycles. The van der Waals surface area contributed by atoms with E-state index in [4.69, 9.17) is 9.47 Å². The molecule has 2 aliphatic heterocycles. The molecule has 1 fully saturated rings. The molecule has 2 amide bonds. The third kappa shape index (κ3) is 4.21. The number of benzene rings is 1. The molecule has 0 bridgehead atoms. The number of aromatic nitrogens is 2. The van der Waals surface area contributed by atoms with Gasteiger partial charge in [-0.25, -0.2) is 0 Å². The van der Waals surface area contributed by atoms with Crippen LogP contribution in [0.25, 0.3) is 0 Å². The molecule has 1 N–H and O–H groups in total. The fourth-order valence-corrected chi connectivity index (χ4v) is 3.90. The van der Waals surface area contributed by atoms with Gasteiger partial charge < -0.3 is 19.7 Å². The lowest BCUT2D eigenvalue weighted by Gasteiger charge is -2.24. The van der Waals surface area contributed by atoms with E-state index in [9.17, 15) is 9.59 Å². The summed E-state index contributed by atoms with van der Waals surface area (Å²) in [6, 6.07) is 7.23. The molecule has 1 aromatic carbocycles. The van der Waals surface area contributed by atoms with Gasteiger partial charge in [0.1, 0.15) is 6.04 Å².